The molecule has 0 aliphatic rings. The van der Waals surface area contributed by atoms with Gasteiger partial charge in [0.2, 0.25) is 5.75 Å². The first-order valence-electron chi connectivity index (χ1n) is 10.5. The summed E-state index contributed by atoms with van der Waals surface area (Å²) in [4.78, 5) is 25.7. The molecule has 11 heteroatoms. The number of methoxy groups -OCH3 is 3. The lowest BCUT2D eigenvalue weighted by Gasteiger charge is -2.16. The molecule has 2 N–H and O–H groups in total. The van der Waals surface area contributed by atoms with Crippen molar-refractivity contribution in [2.45, 2.75) is 26.2 Å². The first kappa shape index (κ1) is 24.2. The smallest absolute Gasteiger partial charge is 0.332 e. The molecule has 0 bridgehead atoms. The topological polar surface area (TPSA) is 111 Å². The highest BCUT2D eigenvalue weighted by Crippen LogP contribution is 2.40. The summed E-state index contributed by atoms with van der Waals surface area (Å²) in [5, 5.41) is 5.90. The highest BCUT2D eigenvalue weighted by Gasteiger charge is 2.14. The van der Waals surface area contributed by atoms with Gasteiger partial charge in [0.15, 0.2) is 23.0 Å². The Morgan fingerprint density at radius 1 is 1.03 bits per heavy atom. The molecule has 10 nitrogen and oxygen atoms in total. The monoisotopic (exact) mass is 472 g/mol. The molecule has 33 heavy (non-hydrogen) atoms. The minimum absolute atomic E-state index is 0.346. The van der Waals surface area contributed by atoms with Gasteiger partial charge in [0.1, 0.15) is 11.3 Å². The van der Waals surface area contributed by atoms with E-state index in [0.717, 1.165) is 19.3 Å². The standard InChI is InChI=1S/C22H28N6O4S/c1-5-6-7-10-28(33)22(29)27-18-9-8-15-21(25-18)26-19(13-23-15)24-14-11-16(30-2)20(32-4)17(12-14)31-3/h8-9,11-13,33H,5-7,10H2,1-4H3,(H2,24,25,26,27,29). The van der Waals surface area contributed by atoms with Crippen molar-refractivity contribution in [3.05, 3.63) is 30.5 Å². The first-order chi connectivity index (χ1) is 16.0. The molecule has 0 saturated carbocycles. The Morgan fingerprint density at radius 3 is 2.36 bits per heavy atom. The highest BCUT2D eigenvalue weighted by atomic mass is 32.1. The maximum absolute atomic E-state index is 12.3. The van der Waals surface area contributed by atoms with Crippen LogP contribution >= 0.6 is 12.8 Å². The minimum atomic E-state index is -0.346. The summed E-state index contributed by atoms with van der Waals surface area (Å²) in [7, 11) is 4.64. The van der Waals surface area contributed by atoms with Gasteiger partial charge in [0.05, 0.1) is 27.5 Å². The van der Waals surface area contributed by atoms with Crippen molar-refractivity contribution >= 4 is 47.3 Å². The molecule has 0 fully saturated rings. The van der Waals surface area contributed by atoms with Gasteiger partial charge in [-0.25, -0.2) is 19.7 Å². The summed E-state index contributed by atoms with van der Waals surface area (Å²) in [6.45, 7) is 2.66. The maximum atomic E-state index is 12.3. The number of anilines is 3. The summed E-state index contributed by atoms with van der Waals surface area (Å²) in [5.41, 5.74) is 1.64. The number of hydrogen-bond donors (Lipinski definition) is 3. The molecule has 0 saturated heterocycles. The number of rotatable bonds is 10. The maximum Gasteiger partial charge on any atom is 0.332 e. The number of hydrogen-bond acceptors (Lipinski definition) is 9. The number of pyridine rings is 1. The molecule has 0 radical (unpaired) electrons. The lowest BCUT2D eigenvalue weighted by Crippen LogP contribution is -2.28. The fourth-order valence-electron chi connectivity index (χ4n) is 3.12. The Morgan fingerprint density at radius 2 is 1.73 bits per heavy atom. The minimum Gasteiger partial charge on any atom is -0.493 e. The van der Waals surface area contributed by atoms with Crippen LogP contribution in [-0.4, -0.2) is 53.2 Å². The normalized spacial score (nSPS) is 10.6. The number of urea groups is 1. The van der Waals surface area contributed by atoms with Crippen molar-refractivity contribution in [1.29, 1.82) is 0 Å². The van der Waals surface area contributed by atoms with Crippen LogP contribution in [0, 0.1) is 0 Å². The van der Waals surface area contributed by atoms with Crippen LogP contribution in [0.3, 0.4) is 0 Å². The number of thiol groups is 1. The number of nitrogens with one attached hydrogen (secondary N) is 2. The average molecular weight is 473 g/mol. The van der Waals surface area contributed by atoms with Crippen molar-refractivity contribution in [3.8, 4) is 17.2 Å². The van der Waals surface area contributed by atoms with Crippen LogP contribution in [0.1, 0.15) is 26.2 Å². The number of amides is 2. The lowest BCUT2D eigenvalue weighted by atomic mass is 10.2. The molecule has 2 aromatic heterocycles. The summed E-state index contributed by atoms with van der Waals surface area (Å²) in [6.07, 6.45) is 4.59. The number of ether oxygens (including phenoxy) is 3. The Labute approximate surface area is 198 Å². The van der Waals surface area contributed by atoms with Gasteiger partial charge >= 0.3 is 6.03 Å². The quantitative estimate of drug-likeness (QED) is 0.289. The predicted octanol–water partition coefficient (Wildman–Crippen LogP) is 4.66. The molecule has 0 aliphatic heterocycles. The zero-order valence-corrected chi connectivity index (χ0v) is 20.0. The van der Waals surface area contributed by atoms with Crippen molar-refractivity contribution in [3.63, 3.8) is 0 Å². The molecule has 2 amide bonds. The van der Waals surface area contributed by atoms with Crippen LogP contribution in [0.4, 0.5) is 22.1 Å². The second-order valence-electron chi connectivity index (χ2n) is 7.09. The van der Waals surface area contributed by atoms with Gasteiger partial charge in [-0.05, 0) is 18.6 Å². The summed E-state index contributed by atoms with van der Waals surface area (Å²) < 4.78 is 17.5. The fourth-order valence-corrected chi connectivity index (χ4v) is 3.31. The van der Waals surface area contributed by atoms with E-state index >= 15 is 0 Å². The van der Waals surface area contributed by atoms with Crippen LogP contribution in [0.2, 0.25) is 0 Å². The zero-order chi connectivity index (χ0) is 23.8. The number of carbonyl (C=O) groups excluding carboxylic acids is 1. The third-order valence-electron chi connectivity index (χ3n) is 4.79. The van der Waals surface area contributed by atoms with E-state index in [-0.39, 0.29) is 6.03 Å². The van der Waals surface area contributed by atoms with Gasteiger partial charge < -0.3 is 19.5 Å². The second kappa shape index (κ2) is 11.4. The summed E-state index contributed by atoms with van der Waals surface area (Å²) >= 11 is 4.25. The van der Waals surface area contributed by atoms with E-state index in [4.69, 9.17) is 14.2 Å². The van der Waals surface area contributed by atoms with E-state index in [1.165, 1.54) is 4.31 Å². The average Bonchev–Trinajstić information content (AvgIpc) is 2.83. The SMILES string of the molecule is CCCCCN(S)C(=O)Nc1ccc2ncc(Nc3cc(OC)c(OC)c(OC)c3)nc2n1. The summed E-state index contributed by atoms with van der Waals surface area (Å²) in [5.74, 6) is 2.33. The number of carbonyl (C=O) groups is 1. The lowest BCUT2D eigenvalue weighted by molar-refractivity contribution is 0.238. The number of benzene rings is 1. The van der Waals surface area contributed by atoms with E-state index in [0.29, 0.717) is 52.3 Å². The van der Waals surface area contributed by atoms with Crippen LogP contribution in [0.15, 0.2) is 30.5 Å². The number of aromatic nitrogens is 3. The van der Waals surface area contributed by atoms with E-state index in [1.807, 2.05) is 0 Å². The van der Waals surface area contributed by atoms with Gasteiger partial charge in [-0.15, -0.1) is 0 Å². The highest BCUT2D eigenvalue weighted by molar-refractivity contribution is 7.78. The van der Waals surface area contributed by atoms with Gasteiger partial charge in [0.25, 0.3) is 0 Å². The zero-order valence-electron chi connectivity index (χ0n) is 19.1. The Bertz CT molecular complexity index is 1090. The van der Waals surface area contributed by atoms with Crippen LogP contribution in [0.25, 0.3) is 11.2 Å². The van der Waals surface area contributed by atoms with Crippen molar-refractivity contribution < 1.29 is 19.0 Å². The molecular formula is C22H28N6O4S. The Hall–Kier alpha value is -3.47. The van der Waals surface area contributed by atoms with Crippen molar-refractivity contribution in [2.75, 3.05) is 38.5 Å². The molecule has 1 aromatic carbocycles. The molecule has 2 heterocycles. The molecular weight excluding hydrogens is 444 g/mol. The van der Waals surface area contributed by atoms with Crippen LogP contribution in [0.5, 0.6) is 17.2 Å². The molecule has 0 atom stereocenters. The Kier molecular flexibility index (Phi) is 8.36. The molecule has 0 aliphatic carbocycles. The molecule has 0 spiro atoms. The van der Waals surface area contributed by atoms with E-state index in [2.05, 4.69) is 45.3 Å². The Balaban J connectivity index is 1.79. The third-order valence-corrected chi connectivity index (χ3v) is 5.17. The molecule has 176 valence electrons. The predicted molar refractivity (Wildman–Crippen MR) is 131 cm³/mol. The number of fused-ring (bicyclic) bond motifs is 1. The van der Waals surface area contributed by atoms with E-state index in [1.54, 1.807) is 51.8 Å². The van der Waals surface area contributed by atoms with E-state index < -0.39 is 0 Å². The third kappa shape index (κ3) is 6.07. The first-order valence-corrected chi connectivity index (χ1v) is 10.9. The van der Waals surface area contributed by atoms with Crippen LogP contribution < -0.4 is 24.8 Å². The van der Waals surface area contributed by atoms with Crippen LogP contribution in [-0.2, 0) is 0 Å². The fraction of sp³-hybridized carbons (Fsp3) is 0.364. The second-order valence-corrected chi connectivity index (χ2v) is 7.58. The molecule has 0 unspecified atom stereocenters. The molecule has 3 rings (SSSR count). The van der Waals surface area contributed by atoms with Gasteiger partial charge in [-0.2, -0.15) is 0 Å². The van der Waals surface area contributed by atoms with Crippen molar-refractivity contribution in [1.82, 2.24) is 19.3 Å². The summed E-state index contributed by atoms with van der Waals surface area (Å²) in [6, 6.07) is 6.60. The van der Waals surface area contributed by atoms with Gasteiger partial charge in [-0.3, -0.25) is 9.62 Å². The largest absolute Gasteiger partial charge is 0.493 e. The van der Waals surface area contributed by atoms with E-state index in [9.17, 15) is 4.79 Å². The van der Waals surface area contributed by atoms with Crippen molar-refractivity contribution in [2.24, 2.45) is 0 Å². The number of unbranched alkanes of at least 4 members (excludes halogenated alkanes) is 2. The van der Waals surface area contributed by atoms with Gasteiger partial charge in [0, 0.05) is 24.4 Å². The number of nitrogens with zero attached hydrogens (tertiary/aromatic N) is 4. The molecule has 3 aromatic rings. The van der Waals surface area contributed by atoms with Gasteiger partial charge in [-0.1, -0.05) is 32.6 Å².